The molecular weight excluding hydrogens is 224 g/mol. The molecule has 0 bridgehead atoms. The highest BCUT2D eigenvalue weighted by Crippen LogP contribution is 2.36. The van der Waals surface area contributed by atoms with E-state index in [9.17, 15) is 0 Å². The molecule has 1 aliphatic carbocycles. The van der Waals surface area contributed by atoms with E-state index < -0.39 is 0 Å². The monoisotopic (exact) mass is 248 g/mol. The SMILES string of the molecule is COc1cc(C)nc(CNC2CCC(C)(C)C2)c1. The van der Waals surface area contributed by atoms with Crippen molar-refractivity contribution in [3.63, 3.8) is 0 Å². The Labute approximate surface area is 110 Å². The molecule has 0 spiro atoms. The van der Waals surface area contributed by atoms with Gasteiger partial charge >= 0.3 is 0 Å². The molecule has 1 aliphatic rings. The van der Waals surface area contributed by atoms with Gasteiger partial charge in [-0.1, -0.05) is 13.8 Å². The molecule has 3 heteroatoms. The largest absolute Gasteiger partial charge is 0.497 e. The van der Waals surface area contributed by atoms with Gasteiger partial charge in [-0.2, -0.15) is 0 Å². The fourth-order valence-corrected chi connectivity index (χ4v) is 2.77. The molecule has 1 heterocycles. The van der Waals surface area contributed by atoms with Gasteiger partial charge in [0, 0.05) is 30.4 Å². The lowest BCUT2D eigenvalue weighted by molar-refractivity contribution is 0.363. The van der Waals surface area contributed by atoms with Crippen LogP contribution in [0.3, 0.4) is 0 Å². The summed E-state index contributed by atoms with van der Waals surface area (Å²) in [7, 11) is 1.70. The Balaban J connectivity index is 1.92. The van der Waals surface area contributed by atoms with E-state index in [-0.39, 0.29) is 0 Å². The predicted octanol–water partition coefficient (Wildman–Crippen LogP) is 3.07. The Morgan fingerprint density at radius 2 is 2.22 bits per heavy atom. The first-order valence-electron chi connectivity index (χ1n) is 6.73. The average molecular weight is 248 g/mol. The first-order valence-corrected chi connectivity index (χ1v) is 6.73. The smallest absolute Gasteiger partial charge is 0.122 e. The summed E-state index contributed by atoms with van der Waals surface area (Å²) in [5, 5.41) is 3.61. The molecule has 0 saturated heterocycles. The van der Waals surface area contributed by atoms with Gasteiger partial charge in [0.25, 0.3) is 0 Å². The zero-order valence-corrected chi connectivity index (χ0v) is 11.9. The predicted molar refractivity (Wildman–Crippen MR) is 73.8 cm³/mol. The summed E-state index contributed by atoms with van der Waals surface area (Å²) in [4.78, 5) is 4.54. The minimum absolute atomic E-state index is 0.495. The van der Waals surface area contributed by atoms with Crippen LogP contribution in [-0.4, -0.2) is 18.1 Å². The quantitative estimate of drug-likeness (QED) is 0.889. The van der Waals surface area contributed by atoms with Gasteiger partial charge in [-0.25, -0.2) is 0 Å². The van der Waals surface area contributed by atoms with Crippen LogP contribution >= 0.6 is 0 Å². The molecule has 0 aliphatic heterocycles. The van der Waals surface area contributed by atoms with E-state index in [1.54, 1.807) is 7.11 Å². The third-order valence-corrected chi connectivity index (χ3v) is 3.76. The molecule has 2 rings (SSSR count). The summed E-state index contributed by atoms with van der Waals surface area (Å²) in [6.07, 6.45) is 3.85. The highest BCUT2D eigenvalue weighted by atomic mass is 16.5. The number of pyridine rings is 1. The molecule has 1 saturated carbocycles. The fourth-order valence-electron chi connectivity index (χ4n) is 2.77. The van der Waals surface area contributed by atoms with Crippen molar-refractivity contribution < 1.29 is 4.74 Å². The van der Waals surface area contributed by atoms with Gasteiger partial charge in [0.15, 0.2) is 0 Å². The van der Waals surface area contributed by atoms with Crippen LogP contribution in [0.1, 0.15) is 44.5 Å². The van der Waals surface area contributed by atoms with Crippen molar-refractivity contribution in [2.45, 2.75) is 52.6 Å². The fraction of sp³-hybridized carbons (Fsp3) is 0.667. The maximum Gasteiger partial charge on any atom is 0.122 e. The second-order valence-corrected chi connectivity index (χ2v) is 6.12. The van der Waals surface area contributed by atoms with Gasteiger partial charge in [-0.15, -0.1) is 0 Å². The second kappa shape index (κ2) is 5.27. The molecular formula is C15H24N2O. The first-order chi connectivity index (χ1) is 8.48. The number of aryl methyl sites for hydroxylation is 1. The number of aromatic nitrogens is 1. The van der Waals surface area contributed by atoms with Crippen molar-refractivity contribution in [2.75, 3.05) is 7.11 Å². The number of hydrogen-bond donors (Lipinski definition) is 1. The third kappa shape index (κ3) is 3.45. The number of hydrogen-bond acceptors (Lipinski definition) is 3. The Morgan fingerprint density at radius 1 is 1.44 bits per heavy atom. The molecule has 1 aromatic heterocycles. The molecule has 0 amide bonds. The van der Waals surface area contributed by atoms with E-state index in [1.165, 1.54) is 19.3 Å². The molecule has 0 aromatic carbocycles. The number of rotatable bonds is 4. The van der Waals surface area contributed by atoms with Crippen molar-refractivity contribution in [2.24, 2.45) is 5.41 Å². The van der Waals surface area contributed by atoms with Crippen LogP contribution in [0.4, 0.5) is 0 Å². The molecule has 100 valence electrons. The number of ether oxygens (including phenoxy) is 1. The van der Waals surface area contributed by atoms with Crippen LogP contribution < -0.4 is 10.1 Å². The number of methoxy groups -OCH3 is 1. The highest BCUT2D eigenvalue weighted by Gasteiger charge is 2.30. The topological polar surface area (TPSA) is 34.1 Å². The summed E-state index contributed by atoms with van der Waals surface area (Å²) in [6.45, 7) is 7.54. The lowest BCUT2D eigenvalue weighted by Crippen LogP contribution is -2.27. The van der Waals surface area contributed by atoms with E-state index in [2.05, 4.69) is 24.1 Å². The van der Waals surface area contributed by atoms with Crippen LogP contribution in [0.25, 0.3) is 0 Å². The van der Waals surface area contributed by atoms with E-state index in [0.717, 1.165) is 23.7 Å². The average Bonchev–Trinajstić information content (AvgIpc) is 2.65. The van der Waals surface area contributed by atoms with Gasteiger partial charge in [-0.05, 0) is 31.6 Å². The normalized spacial score (nSPS) is 22.1. The lowest BCUT2D eigenvalue weighted by atomic mass is 9.92. The maximum absolute atomic E-state index is 5.27. The lowest BCUT2D eigenvalue weighted by Gasteiger charge is -2.18. The third-order valence-electron chi connectivity index (χ3n) is 3.76. The maximum atomic E-state index is 5.27. The Kier molecular flexibility index (Phi) is 3.91. The molecule has 1 aromatic rings. The van der Waals surface area contributed by atoms with E-state index >= 15 is 0 Å². The summed E-state index contributed by atoms with van der Waals surface area (Å²) in [5.41, 5.74) is 2.57. The summed E-state index contributed by atoms with van der Waals surface area (Å²) < 4.78 is 5.27. The second-order valence-electron chi connectivity index (χ2n) is 6.12. The molecule has 1 N–H and O–H groups in total. The Morgan fingerprint density at radius 3 is 2.83 bits per heavy atom. The molecule has 1 unspecified atom stereocenters. The summed E-state index contributed by atoms with van der Waals surface area (Å²) in [5.74, 6) is 0.894. The molecule has 3 nitrogen and oxygen atoms in total. The van der Waals surface area contributed by atoms with Gasteiger partial charge in [0.05, 0.1) is 12.8 Å². The summed E-state index contributed by atoms with van der Waals surface area (Å²) in [6, 6.07) is 4.61. The van der Waals surface area contributed by atoms with Gasteiger partial charge in [0.2, 0.25) is 0 Å². The van der Waals surface area contributed by atoms with Crippen molar-refractivity contribution in [1.82, 2.24) is 10.3 Å². The van der Waals surface area contributed by atoms with Crippen LogP contribution in [0.5, 0.6) is 5.75 Å². The van der Waals surface area contributed by atoms with Gasteiger partial charge in [0.1, 0.15) is 5.75 Å². The van der Waals surface area contributed by atoms with Gasteiger partial charge in [-0.3, -0.25) is 4.98 Å². The number of nitrogens with zero attached hydrogens (tertiary/aromatic N) is 1. The van der Waals surface area contributed by atoms with E-state index in [0.29, 0.717) is 11.5 Å². The number of nitrogens with one attached hydrogen (secondary N) is 1. The van der Waals surface area contributed by atoms with Crippen LogP contribution in [0.15, 0.2) is 12.1 Å². The zero-order valence-electron chi connectivity index (χ0n) is 11.9. The molecule has 18 heavy (non-hydrogen) atoms. The van der Waals surface area contributed by atoms with Crippen molar-refractivity contribution in [3.05, 3.63) is 23.5 Å². The standard InChI is InChI=1S/C15H24N2O/c1-11-7-14(18-4)8-13(17-11)10-16-12-5-6-15(2,3)9-12/h7-8,12,16H,5-6,9-10H2,1-4H3. The summed E-state index contributed by atoms with van der Waals surface area (Å²) >= 11 is 0. The van der Waals surface area contributed by atoms with Crippen LogP contribution in [-0.2, 0) is 6.54 Å². The van der Waals surface area contributed by atoms with Crippen molar-refractivity contribution >= 4 is 0 Å². The zero-order chi connectivity index (χ0) is 13.2. The Bertz CT molecular complexity index is 415. The Hall–Kier alpha value is -1.09. The van der Waals surface area contributed by atoms with Crippen LogP contribution in [0.2, 0.25) is 0 Å². The minimum Gasteiger partial charge on any atom is -0.497 e. The molecule has 1 atom stereocenters. The minimum atomic E-state index is 0.495. The van der Waals surface area contributed by atoms with Crippen molar-refractivity contribution in [1.29, 1.82) is 0 Å². The van der Waals surface area contributed by atoms with Gasteiger partial charge < -0.3 is 10.1 Å². The van der Waals surface area contributed by atoms with E-state index in [4.69, 9.17) is 4.74 Å². The highest BCUT2D eigenvalue weighted by molar-refractivity contribution is 5.26. The first kappa shape index (κ1) is 13.3. The van der Waals surface area contributed by atoms with E-state index in [1.807, 2.05) is 19.1 Å². The molecule has 1 fully saturated rings. The molecule has 0 radical (unpaired) electrons. The van der Waals surface area contributed by atoms with Crippen LogP contribution in [0, 0.1) is 12.3 Å². The van der Waals surface area contributed by atoms with Crippen molar-refractivity contribution in [3.8, 4) is 5.75 Å².